The summed E-state index contributed by atoms with van der Waals surface area (Å²) in [5.41, 5.74) is -0.0131. The topological polar surface area (TPSA) is 97.0 Å². The highest BCUT2D eigenvalue weighted by atomic mass is 31.2. The molecule has 5 aromatic rings. The minimum absolute atomic E-state index is 0.00485. The number of benzene rings is 4. The number of carboxylic acids is 1. The van der Waals surface area contributed by atoms with Crippen molar-refractivity contribution in [1.82, 2.24) is 0 Å². The van der Waals surface area contributed by atoms with Gasteiger partial charge in [-0.05, 0) is 61.0 Å². The number of phenols is 1. The van der Waals surface area contributed by atoms with Gasteiger partial charge in [0.05, 0.1) is 0 Å². The first-order valence-corrected chi connectivity index (χ1v) is 13.8. The van der Waals surface area contributed by atoms with Gasteiger partial charge in [-0.3, -0.25) is 0 Å². The third kappa shape index (κ3) is 3.94. The first-order valence-electron chi connectivity index (χ1n) is 12.0. The van der Waals surface area contributed by atoms with Crippen LogP contribution in [0, 0.1) is 6.92 Å². The molecule has 190 valence electrons. The highest BCUT2D eigenvalue weighted by Crippen LogP contribution is 2.66. The van der Waals surface area contributed by atoms with Crippen LogP contribution in [0.2, 0.25) is 0 Å². The smallest absolute Gasteiger partial charge is 0.389 e. The Bertz CT molecular complexity index is 1570. The number of hydrogen-bond acceptors (Lipinski definition) is 5. The van der Waals surface area contributed by atoms with Crippen LogP contribution in [0.4, 0.5) is 0 Å². The molecule has 0 aliphatic heterocycles. The molecule has 1 atom stereocenters. The quantitative estimate of drug-likeness (QED) is 0.230. The Morgan fingerprint density at radius 2 is 1.29 bits per heavy atom. The molecule has 0 amide bonds. The van der Waals surface area contributed by atoms with Gasteiger partial charge in [0, 0.05) is 18.4 Å². The van der Waals surface area contributed by atoms with Crippen molar-refractivity contribution in [2.45, 2.75) is 19.2 Å². The third-order valence-electron chi connectivity index (χ3n) is 6.82. The van der Waals surface area contributed by atoms with Crippen LogP contribution in [0.5, 0.6) is 11.5 Å². The van der Waals surface area contributed by atoms with E-state index in [0.717, 1.165) is 15.9 Å². The molecule has 1 aromatic heterocycles. The molecule has 6 nitrogen and oxygen atoms in total. The Hall–Kier alpha value is -4.41. The predicted molar refractivity (Wildman–Crippen MR) is 151 cm³/mol. The van der Waals surface area contributed by atoms with Crippen LogP contribution in [-0.2, 0) is 4.79 Å². The highest BCUT2D eigenvalue weighted by Gasteiger charge is 2.68. The van der Waals surface area contributed by atoms with E-state index in [2.05, 4.69) is 0 Å². The van der Waals surface area contributed by atoms with Crippen molar-refractivity contribution in [3.63, 3.8) is 0 Å². The summed E-state index contributed by atoms with van der Waals surface area (Å²) in [5, 5.41) is 22.9. The van der Waals surface area contributed by atoms with Crippen LogP contribution in [0.3, 0.4) is 0 Å². The molecule has 0 saturated carbocycles. The van der Waals surface area contributed by atoms with E-state index in [1.807, 2.05) is 91.0 Å². The molecular formula is C31H26O6P+. The van der Waals surface area contributed by atoms with Gasteiger partial charge in [-0.2, -0.15) is 0 Å². The number of fused-ring (bicyclic) bond motifs is 1. The maximum absolute atomic E-state index is 13.5. The molecular weight excluding hydrogens is 499 g/mol. The van der Waals surface area contributed by atoms with Crippen LogP contribution >= 0.6 is 7.26 Å². The number of ether oxygens (including phenoxy) is 1. The second-order valence-electron chi connectivity index (χ2n) is 9.11. The van der Waals surface area contributed by atoms with Crippen LogP contribution in [0.15, 0.2) is 118 Å². The summed E-state index contributed by atoms with van der Waals surface area (Å²) in [6.07, 6.45) is 0. The van der Waals surface area contributed by atoms with Crippen molar-refractivity contribution in [2.24, 2.45) is 0 Å². The molecule has 0 aliphatic rings. The average Bonchev–Trinajstić information content (AvgIpc) is 2.92. The molecule has 0 fully saturated rings. The molecule has 5 rings (SSSR count). The van der Waals surface area contributed by atoms with E-state index < -0.39 is 24.2 Å². The molecule has 4 aromatic carbocycles. The predicted octanol–water partition coefficient (Wildman–Crippen LogP) is 4.98. The number of rotatable bonds is 7. The van der Waals surface area contributed by atoms with Gasteiger partial charge in [0.25, 0.3) is 0 Å². The SMILES string of the molecule is Cc1cc(=O)oc2c(OC(C)(C(=O)O)[P+](c3ccccc3)(c3ccccc3)c3ccccc3)c(O)ccc12. The Labute approximate surface area is 220 Å². The summed E-state index contributed by atoms with van der Waals surface area (Å²) in [6, 6.07) is 32.7. The number of carbonyl (C=O) groups is 1. The van der Waals surface area contributed by atoms with E-state index in [0.29, 0.717) is 10.9 Å². The van der Waals surface area contributed by atoms with Crippen LogP contribution < -0.4 is 26.3 Å². The van der Waals surface area contributed by atoms with Gasteiger partial charge in [-0.1, -0.05) is 54.6 Å². The number of phenolic OH excluding ortho intramolecular Hbond substituents is 1. The molecule has 0 bridgehead atoms. The summed E-state index contributed by atoms with van der Waals surface area (Å²) in [7, 11) is -3.17. The van der Waals surface area contributed by atoms with E-state index in [1.54, 1.807) is 13.0 Å². The van der Waals surface area contributed by atoms with Crippen LogP contribution in [-0.4, -0.2) is 21.5 Å². The molecule has 0 spiro atoms. The molecule has 7 heteroatoms. The van der Waals surface area contributed by atoms with Gasteiger partial charge in [0.15, 0.2) is 18.6 Å². The number of hydrogen-bond donors (Lipinski definition) is 2. The maximum atomic E-state index is 13.5. The molecule has 0 saturated heterocycles. The fraction of sp³-hybridized carbons (Fsp3) is 0.0968. The Morgan fingerprint density at radius 3 is 1.74 bits per heavy atom. The van der Waals surface area contributed by atoms with Gasteiger partial charge >= 0.3 is 16.9 Å². The monoisotopic (exact) mass is 525 g/mol. The normalized spacial score (nSPS) is 13.1. The first kappa shape index (κ1) is 25.2. The lowest BCUT2D eigenvalue weighted by Gasteiger charge is -2.39. The van der Waals surface area contributed by atoms with Crippen molar-refractivity contribution in [3.8, 4) is 11.5 Å². The summed E-state index contributed by atoms with van der Waals surface area (Å²) >= 11 is 0. The lowest BCUT2D eigenvalue weighted by atomic mass is 10.1. The first-order chi connectivity index (χ1) is 18.3. The minimum Gasteiger partial charge on any atom is -0.504 e. The van der Waals surface area contributed by atoms with Gasteiger partial charge in [0.2, 0.25) is 5.75 Å². The van der Waals surface area contributed by atoms with Crippen LogP contribution in [0.25, 0.3) is 11.0 Å². The largest absolute Gasteiger partial charge is 0.504 e. The van der Waals surface area contributed by atoms with E-state index in [-0.39, 0.29) is 17.1 Å². The summed E-state index contributed by atoms with van der Waals surface area (Å²) in [4.78, 5) is 25.8. The average molecular weight is 526 g/mol. The van der Waals surface area contributed by atoms with Crippen molar-refractivity contribution in [3.05, 3.63) is 125 Å². The fourth-order valence-corrected chi connectivity index (χ4v) is 9.79. The Balaban J connectivity index is 1.91. The van der Waals surface area contributed by atoms with Gasteiger partial charge in [-0.15, -0.1) is 0 Å². The lowest BCUT2D eigenvalue weighted by molar-refractivity contribution is -0.146. The Morgan fingerprint density at radius 1 is 0.816 bits per heavy atom. The molecule has 0 aliphatic carbocycles. The zero-order valence-electron chi connectivity index (χ0n) is 20.9. The Kier molecular flexibility index (Phi) is 6.52. The van der Waals surface area contributed by atoms with Crippen molar-refractivity contribution in [2.75, 3.05) is 0 Å². The maximum Gasteiger partial charge on any atom is 0.389 e. The molecule has 2 N–H and O–H groups in total. The van der Waals surface area contributed by atoms with Gasteiger partial charge in [0.1, 0.15) is 15.9 Å². The minimum atomic E-state index is -3.17. The second-order valence-corrected chi connectivity index (χ2v) is 12.9. The van der Waals surface area contributed by atoms with Crippen molar-refractivity contribution >= 4 is 40.1 Å². The van der Waals surface area contributed by atoms with Crippen molar-refractivity contribution < 1.29 is 24.2 Å². The van der Waals surface area contributed by atoms with E-state index in [1.165, 1.54) is 19.1 Å². The van der Waals surface area contributed by atoms with E-state index >= 15 is 0 Å². The van der Waals surface area contributed by atoms with Gasteiger partial charge in [-0.25, -0.2) is 9.59 Å². The van der Waals surface area contributed by atoms with Gasteiger partial charge < -0.3 is 19.4 Å². The standard InChI is InChI=1S/C31H25O6P/c1-21-20-27(33)36-28-25(21)18-19-26(32)29(28)37-31(2,30(34)35)38(22-12-6-3-7-13-22,23-14-8-4-9-15-23)24-16-10-5-11-17-24/h3-20H,1-2H3,(H-,32,33,34,35)/p+1. The zero-order chi connectivity index (χ0) is 26.9. The fourth-order valence-electron chi connectivity index (χ4n) is 5.04. The van der Waals surface area contributed by atoms with E-state index in [9.17, 15) is 19.8 Å². The van der Waals surface area contributed by atoms with Crippen LogP contribution in [0.1, 0.15) is 12.5 Å². The second kappa shape index (κ2) is 9.81. The number of carboxylic acid groups (broad SMARTS) is 1. The molecule has 1 unspecified atom stereocenters. The molecule has 38 heavy (non-hydrogen) atoms. The lowest BCUT2D eigenvalue weighted by Crippen LogP contribution is -2.54. The van der Waals surface area contributed by atoms with E-state index in [4.69, 9.17) is 9.15 Å². The zero-order valence-corrected chi connectivity index (χ0v) is 21.8. The number of aryl methyl sites for hydroxylation is 1. The molecule has 0 radical (unpaired) electrons. The number of aliphatic carboxylic acids is 1. The third-order valence-corrected chi connectivity index (χ3v) is 11.6. The highest BCUT2D eigenvalue weighted by molar-refractivity contribution is 7.97. The molecule has 1 heterocycles. The summed E-state index contributed by atoms with van der Waals surface area (Å²) in [5.74, 6) is -1.75. The summed E-state index contributed by atoms with van der Waals surface area (Å²) in [6.45, 7) is 3.27. The summed E-state index contributed by atoms with van der Waals surface area (Å²) < 4.78 is 12.0. The van der Waals surface area contributed by atoms with Crippen molar-refractivity contribution in [1.29, 1.82) is 0 Å². The number of aromatic hydroxyl groups is 1.